The van der Waals surface area contributed by atoms with E-state index in [2.05, 4.69) is 5.32 Å². The summed E-state index contributed by atoms with van der Waals surface area (Å²) in [6.45, 7) is 1.80. The molecular formula is C21H30N2O4. The van der Waals surface area contributed by atoms with Gasteiger partial charge in [0.15, 0.2) is 0 Å². The maximum absolute atomic E-state index is 12.7. The summed E-state index contributed by atoms with van der Waals surface area (Å²) < 4.78 is 10.5. The third-order valence-electron chi connectivity index (χ3n) is 5.78. The number of rotatable bonds is 5. The van der Waals surface area contributed by atoms with E-state index < -0.39 is 0 Å². The average Bonchev–Trinajstić information content (AvgIpc) is 2.74. The van der Waals surface area contributed by atoms with Crippen LogP contribution in [0, 0.1) is 11.8 Å². The average molecular weight is 374 g/mol. The Bertz CT molecular complexity index is 662. The van der Waals surface area contributed by atoms with Crippen molar-refractivity contribution in [3.05, 3.63) is 18.2 Å². The molecule has 0 radical (unpaired) electrons. The molecule has 27 heavy (non-hydrogen) atoms. The highest BCUT2D eigenvalue weighted by Crippen LogP contribution is 2.33. The van der Waals surface area contributed by atoms with Gasteiger partial charge in [0, 0.05) is 31.0 Å². The van der Waals surface area contributed by atoms with Gasteiger partial charge in [-0.25, -0.2) is 0 Å². The summed E-state index contributed by atoms with van der Waals surface area (Å²) in [7, 11) is 3.17. The van der Waals surface area contributed by atoms with Crippen molar-refractivity contribution in [2.75, 3.05) is 32.6 Å². The van der Waals surface area contributed by atoms with Gasteiger partial charge in [0.25, 0.3) is 0 Å². The van der Waals surface area contributed by atoms with Crippen LogP contribution in [0.2, 0.25) is 0 Å². The largest absolute Gasteiger partial charge is 0.497 e. The highest BCUT2D eigenvalue weighted by Gasteiger charge is 2.32. The predicted octanol–water partition coefficient (Wildman–Crippen LogP) is 3.46. The van der Waals surface area contributed by atoms with Gasteiger partial charge in [0.2, 0.25) is 11.8 Å². The van der Waals surface area contributed by atoms with Crippen LogP contribution in [0.5, 0.6) is 11.5 Å². The Balaban J connectivity index is 1.53. The van der Waals surface area contributed by atoms with Gasteiger partial charge in [0.05, 0.1) is 19.9 Å². The fraction of sp³-hybridized carbons (Fsp3) is 0.619. The molecule has 1 heterocycles. The maximum Gasteiger partial charge on any atom is 0.227 e. The molecule has 1 aromatic carbocycles. The first-order valence-corrected chi connectivity index (χ1v) is 9.94. The van der Waals surface area contributed by atoms with Gasteiger partial charge in [-0.1, -0.05) is 0 Å². The third-order valence-corrected chi connectivity index (χ3v) is 5.78. The number of carbonyl (C=O) groups excluding carboxylic acids is 2. The van der Waals surface area contributed by atoms with Gasteiger partial charge in [-0.3, -0.25) is 9.59 Å². The second-order valence-corrected chi connectivity index (χ2v) is 7.49. The van der Waals surface area contributed by atoms with E-state index in [4.69, 9.17) is 9.47 Å². The van der Waals surface area contributed by atoms with Crippen molar-refractivity contribution in [2.24, 2.45) is 11.8 Å². The molecule has 1 saturated carbocycles. The fourth-order valence-electron chi connectivity index (χ4n) is 4.11. The first-order chi connectivity index (χ1) is 13.1. The first kappa shape index (κ1) is 19.5. The fourth-order valence-corrected chi connectivity index (χ4v) is 4.11. The number of nitrogens with one attached hydrogen (secondary N) is 1. The highest BCUT2D eigenvalue weighted by atomic mass is 16.5. The molecule has 0 bridgehead atoms. The molecule has 6 nitrogen and oxygen atoms in total. The minimum Gasteiger partial charge on any atom is -0.497 e. The van der Waals surface area contributed by atoms with Crippen molar-refractivity contribution < 1.29 is 19.1 Å². The van der Waals surface area contributed by atoms with Crippen molar-refractivity contribution in [1.29, 1.82) is 0 Å². The number of nitrogens with zero attached hydrogens (tertiary/aromatic N) is 1. The van der Waals surface area contributed by atoms with Crippen LogP contribution in [-0.2, 0) is 9.59 Å². The number of ether oxygens (including phenoxy) is 2. The number of hydrogen-bond acceptors (Lipinski definition) is 4. The monoisotopic (exact) mass is 374 g/mol. The molecule has 1 aromatic rings. The molecule has 0 atom stereocenters. The van der Waals surface area contributed by atoms with Gasteiger partial charge in [0.1, 0.15) is 11.5 Å². The predicted molar refractivity (Wildman–Crippen MR) is 104 cm³/mol. The molecule has 2 amide bonds. The minimum absolute atomic E-state index is 0.00217. The van der Waals surface area contributed by atoms with E-state index in [1.807, 2.05) is 4.90 Å². The number of piperidine rings is 1. The Morgan fingerprint density at radius 3 is 2.26 bits per heavy atom. The molecule has 1 aliphatic carbocycles. The van der Waals surface area contributed by atoms with E-state index in [0.29, 0.717) is 23.1 Å². The summed E-state index contributed by atoms with van der Waals surface area (Å²) in [4.78, 5) is 27.4. The van der Waals surface area contributed by atoms with Crippen LogP contribution in [-0.4, -0.2) is 44.0 Å². The lowest BCUT2D eigenvalue weighted by molar-refractivity contribution is -0.138. The Morgan fingerprint density at radius 1 is 0.963 bits per heavy atom. The van der Waals surface area contributed by atoms with Gasteiger partial charge >= 0.3 is 0 Å². The zero-order chi connectivity index (χ0) is 19.2. The lowest BCUT2D eigenvalue weighted by Crippen LogP contribution is -2.41. The molecule has 148 valence electrons. The lowest BCUT2D eigenvalue weighted by atomic mass is 9.80. The van der Waals surface area contributed by atoms with Crippen LogP contribution in [0.3, 0.4) is 0 Å². The van der Waals surface area contributed by atoms with Gasteiger partial charge in [-0.05, 0) is 57.1 Å². The molecule has 1 aliphatic heterocycles. The molecule has 6 heteroatoms. The summed E-state index contributed by atoms with van der Waals surface area (Å²) in [6.07, 6.45) is 6.58. The number of likely N-dealkylation sites (tertiary alicyclic amines) is 1. The van der Waals surface area contributed by atoms with Crippen molar-refractivity contribution in [1.82, 2.24) is 4.90 Å². The molecule has 1 saturated heterocycles. The van der Waals surface area contributed by atoms with Crippen LogP contribution in [0.4, 0.5) is 5.69 Å². The van der Waals surface area contributed by atoms with E-state index in [9.17, 15) is 9.59 Å². The normalized spacial score (nSPS) is 22.8. The number of hydrogen-bond donors (Lipinski definition) is 1. The second-order valence-electron chi connectivity index (χ2n) is 7.49. The van der Waals surface area contributed by atoms with E-state index in [0.717, 1.165) is 51.6 Å². The lowest BCUT2D eigenvalue weighted by Gasteiger charge is -2.33. The zero-order valence-corrected chi connectivity index (χ0v) is 16.3. The standard InChI is InChI=1S/C21H30N2O4/c1-26-17-10-11-18(19(14-17)27-2)22-20(24)15-6-8-16(9-7-15)21(25)23-12-4-3-5-13-23/h10-11,14-16H,3-9,12-13H2,1-2H3,(H,22,24). The molecule has 0 aromatic heterocycles. The summed E-state index contributed by atoms with van der Waals surface area (Å²) in [5.74, 6) is 1.59. The molecular weight excluding hydrogens is 344 g/mol. The number of carbonyl (C=O) groups is 2. The number of benzene rings is 1. The van der Waals surface area contributed by atoms with Crippen LogP contribution in [0.15, 0.2) is 18.2 Å². The van der Waals surface area contributed by atoms with Crippen LogP contribution >= 0.6 is 0 Å². The van der Waals surface area contributed by atoms with Crippen molar-refractivity contribution in [3.8, 4) is 11.5 Å². The zero-order valence-electron chi connectivity index (χ0n) is 16.3. The molecule has 3 rings (SSSR count). The van der Waals surface area contributed by atoms with Crippen molar-refractivity contribution in [2.45, 2.75) is 44.9 Å². The smallest absolute Gasteiger partial charge is 0.227 e. The van der Waals surface area contributed by atoms with Crippen LogP contribution < -0.4 is 14.8 Å². The summed E-state index contributed by atoms with van der Waals surface area (Å²) in [6, 6.07) is 5.34. The maximum atomic E-state index is 12.7. The highest BCUT2D eigenvalue weighted by molar-refractivity contribution is 5.94. The Morgan fingerprint density at radius 2 is 1.63 bits per heavy atom. The first-order valence-electron chi connectivity index (χ1n) is 9.94. The van der Waals surface area contributed by atoms with Crippen LogP contribution in [0.1, 0.15) is 44.9 Å². The Labute approximate surface area is 161 Å². The SMILES string of the molecule is COc1ccc(NC(=O)C2CCC(C(=O)N3CCCCC3)CC2)c(OC)c1. The van der Waals surface area contributed by atoms with Crippen LogP contribution in [0.25, 0.3) is 0 Å². The summed E-state index contributed by atoms with van der Waals surface area (Å²) in [5, 5.41) is 2.98. The third kappa shape index (κ3) is 4.73. The van der Waals surface area contributed by atoms with Crippen molar-refractivity contribution >= 4 is 17.5 Å². The topological polar surface area (TPSA) is 67.9 Å². The van der Waals surface area contributed by atoms with Gasteiger partial charge < -0.3 is 19.7 Å². The molecule has 2 fully saturated rings. The number of amides is 2. The summed E-state index contributed by atoms with van der Waals surface area (Å²) in [5.41, 5.74) is 0.648. The molecule has 0 spiro atoms. The Kier molecular flexibility index (Phi) is 6.58. The second kappa shape index (κ2) is 9.11. The van der Waals surface area contributed by atoms with E-state index in [1.54, 1.807) is 32.4 Å². The molecule has 0 unspecified atom stereocenters. The van der Waals surface area contributed by atoms with E-state index >= 15 is 0 Å². The van der Waals surface area contributed by atoms with E-state index in [1.165, 1.54) is 6.42 Å². The quantitative estimate of drug-likeness (QED) is 0.857. The van der Waals surface area contributed by atoms with Gasteiger partial charge in [-0.2, -0.15) is 0 Å². The summed E-state index contributed by atoms with van der Waals surface area (Å²) >= 11 is 0. The molecule has 2 aliphatic rings. The number of methoxy groups -OCH3 is 2. The van der Waals surface area contributed by atoms with E-state index in [-0.39, 0.29) is 17.7 Å². The van der Waals surface area contributed by atoms with Gasteiger partial charge in [-0.15, -0.1) is 0 Å². The number of anilines is 1. The Hall–Kier alpha value is -2.24. The minimum atomic E-state index is -0.0535. The molecule has 1 N–H and O–H groups in total. The van der Waals surface area contributed by atoms with Crippen molar-refractivity contribution in [3.63, 3.8) is 0 Å².